The lowest BCUT2D eigenvalue weighted by atomic mass is 10.0. The van der Waals surface area contributed by atoms with Crippen molar-refractivity contribution >= 4 is 5.91 Å². The lowest BCUT2D eigenvalue weighted by Crippen LogP contribution is -2.45. The largest absolute Gasteiger partial charge is 0.394 e. The number of amides is 1. The first-order chi connectivity index (χ1) is 16.2. The van der Waals surface area contributed by atoms with Gasteiger partial charge in [0.05, 0.1) is 18.8 Å². The number of nitrogens with one attached hydrogen (secondary N) is 1. The van der Waals surface area contributed by atoms with Crippen LogP contribution < -0.4 is 5.32 Å². The number of rotatable bonds is 25. The molecule has 0 aliphatic heterocycles. The van der Waals surface area contributed by atoms with E-state index in [0.717, 1.165) is 32.1 Å². The van der Waals surface area contributed by atoms with Gasteiger partial charge < -0.3 is 15.5 Å². The quantitative estimate of drug-likeness (QED) is 0.0955. The Bertz CT molecular complexity index is 439. The monoisotopic (exact) mass is 467 g/mol. The highest BCUT2D eigenvalue weighted by molar-refractivity contribution is 5.76. The van der Waals surface area contributed by atoms with Crippen molar-refractivity contribution in [1.82, 2.24) is 5.32 Å². The van der Waals surface area contributed by atoms with Gasteiger partial charge in [-0.15, -0.1) is 0 Å². The van der Waals surface area contributed by atoms with Crippen molar-refractivity contribution < 1.29 is 15.0 Å². The van der Waals surface area contributed by atoms with Gasteiger partial charge in [-0.2, -0.15) is 0 Å². The van der Waals surface area contributed by atoms with E-state index in [0.29, 0.717) is 12.8 Å². The number of unbranched alkanes of at least 4 members (excludes halogenated alkanes) is 16. The van der Waals surface area contributed by atoms with E-state index < -0.39 is 12.1 Å². The Morgan fingerprint density at radius 1 is 0.697 bits per heavy atom. The van der Waals surface area contributed by atoms with Crippen LogP contribution in [0.2, 0.25) is 0 Å². The highest BCUT2D eigenvalue weighted by Gasteiger charge is 2.19. The average Bonchev–Trinajstić information content (AvgIpc) is 2.82. The van der Waals surface area contributed by atoms with E-state index in [1.54, 1.807) is 0 Å². The molecule has 0 aromatic carbocycles. The van der Waals surface area contributed by atoms with Gasteiger partial charge in [0.25, 0.3) is 0 Å². The highest BCUT2D eigenvalue weighted by Crippen LogP contribution is 2.14. The number of aliphatic hydroxyl groups is 2. The Balaban J connectivity index is 3.66. The Hall–Kier alpha value is -0.870. The highest BCUT2D eigenvalue weighted by atomic mass is 16.3. The maximum Gasteiger partial charge on any atom is 0.220 e. The predicted octanol–water partition coefficient (Wildman–Crippen LogP) is 7.61. The molecule has 196 valence electrons. The molecule has 1 amide bonds. The SMILES string of the molecule is CCCCCC/C=C\CCCC(=O)NC(CO)C(O)CCCCCCCCCCCCCC. The van der Waals surface area contributed by atoms with Gasteiger partial charge in [0.1, 0.15) is 0 Å². The maximum absolute atomic E-state index is 12.1. The normalized spacial score (nSPS) is 13.5. The van der Waals surface area contributed by atoms with Gasteiger partial charge in [0.2, 0.25) is 5.91 Å². The Morgan fingerprint density at radius 2 is 1.15 bits per heavy atom. The lowest BCUT2D eigenvalue weighted by molar-refractivity contribution is -0.123. The second-order valence-electron chi connectivity index (χ2n) is 9.81. The summed E-state index contributed by atoms with van der Waals surface area (Å²) in [5, 5.41) is 22.8. The number of carbonyl (C=O) groups excluding carboxylic acids is 1. The first-order valence-corrected chi connectivity index (χ1v) is 14.4. The first kappa shape index (κ1) is 32.1. The summed E-state index contributed by atoms with van der Waals surface area (Å²) in [5.74, 6) is -0.0702. The summed E-state index contributed by atoms with van der Waals surface area (Å²) in [6.45, 7) is 4.28. The van der Waals surface area contributed by atoms with E-state index in [4.69, 9.17) is 0 Å². The molecule has 0 aromatic rings. The molecule has 0 bridgehead atoms. The number of hydrogen-bond donors (Lipinski definition) is 3. The molecular weight excluding hydrogens is 410 g/mol. The van der Waals surface area contributed by atoms with Crippen LogP contribution in [0.5, 0.6) is 0 Å². The van der Waals surface area contributed by atoms with E-state index in [2.05, 4.69) is 31.3 Å². The summed E-state index contributed by atoms with van der Waals surface area (Å²) < 4.78 is 0. The molecule has 0 fully saturated rings. The summed E-state index contributed by atoms with van der Waals surface area (Å²) in [7, 11) is 0. The first-order valence-electron chi connectivity index (χ1n) is 14.4. The van der Waals surface area contributed by atoms with Crippen LogP contribution in [0.15, 0.2) is 12.2 Å². The molecule has 0 aliphatic rings. The second kappa shape index (κ2) is 25.7. The lowest BCUT2D eigenvalue weighted by Gasteiger charge is -2.22. The fourth-order valence-corrected chi connectivity index (χ4v) is 4.24. The zero-order valence-corrected chi connectivity index (χ0v) is 22.2. The molecule has 2 unspecified atom stereocenters. The number of aliphatic hydroxyl groups excluding tert-OH is 2. The minimum atomic E-state index is -0.662. The summed E-state index contributed by atoms with van der Waals surface area (Å²) in [6, 6.07) is -0.542. The van der Waals surface area contributed by atoms with Crippen LogP contribution in [0.25, 0.3) is 0 Å². The molecule has 0 saturated carbocycles. The molecule has 33 heavy (non-hydrogen) atoms. The number of allylic oxidation sites excluding steroid dienone is 2. The molecule has 0 rings (SSSR count). The predicted molar refractivity (Wildman–Crippen MR) is 142 cm³/mol. The zero-order chi connectivity index (χ0) is 24.4. The zero-order valence-electron chi connectivity index (χ0n) is 22.2. The Labute approximate surface area is 206 Å². The topological polar surface area (TPSA) is 69.6 Å². The molecule has 0 aromatic heterocycles. The van der Waals surface area contributed by atoms with Crippen LogP contribution in [0, 0.1) is 0 Å². The molecule has 3 N–H and O–H groups in total. The van der Waals surface area contributed by atoms with Gasteiger partial charge in [0, 0.05) is 6.42 Å². The van der Waals surface area contributed by atoms with E-state index >= 15 is 0 Å². The van der Waals surface area contributed by atoms with Crippen molar-refractivity contribution in [3.63, 3.8) is 0 Å². The second-order valence-corrected chi connectivity index (χ2v) is 9.81. The summed E-state index contributed by atoms with van der Waals surface area (Å²) in [6.07, 6.45) is 28.3. The molecule has 0 saturated heterocycles. The van der Waals surface area contributed by atoms with E-state index in [1.165, 1.54) is 89.9 Å². The van der Waals surface area contributed by atoms with Crippen molar-refractivity contribution in [2.24, 2.45) is 0 Å². The molecule has 2 atom stereocenters. The Kier molecular flexibility index (Phi) is 25.1. The van der Waals surface area contributed by atoms with E-state index in [9.17, 15) is 15.0 Å². The molecule has 0 heterocycles. The molecule has 0 radical (unpaired) electrons. The Morgan fingerprint density at radius 3 is 1.67 bits per heavy atom. The smallest absolute Gasteiger partial charge is 0.220 e. The van der Waals surface area contributed by atoms with E-state index in [1.807, 2.05) is 0 Å². The van der Waals surface area contributed by atoms with Crippen molar-refractivity contribution in [3.05, 3.63) is 12.2 Å². The third-order valence-electron chi connectivity index (χ3n) is 6.53. The fraction of sp³-hybridized carbons (Fsp3) is 0.897. The minimum absolute atomic E-state index is 0.0702. The van der Waals surface area contributed by atoms with Crippen LogP contribution in [0.1, 0.15) is 149 Å². The van der Waals surface area contributed by atoms with Gasteiger partial charge in [-0.25, -0.2) is 0 Å². The minimum Gasteiger partial charge on any atom is -0.394 e. The van der Waals surface area contributed by atoms with Crippen molar-refractivity contribution in [2.45, 2.75) is 161 Å². The number of carbonyl (C=O) groups is 1. The maximum atomic E-state index is 12.1. The standard InChI is InChI=1S/C29H57NO3/c1-3-5-7-9-11-13-14-15-17-18-20-22-24-28(32)27(26-31)30-29(33)25-23-21-19-16-12-10-8-6-4-2/h16,19,27-28,31-32H,3-15,17-18,20-26H2,1-2H3,(H,30,33)/b19-16-. The molecule has 4 nitrogen and oxygen atoms in total. The van der Waals surface area contributed by atoms with Crippen molar-refractivity contribution in [2.75, 3.05) is 6.61 Å². The van der Waals surface area contributed by atoms with Crippen LogP contribution in [-0.2, 0) is 4.79 Å². The van der Waals surface area contributed by atoms with E-state index in [-0.39, 0.29) is 12.5 Å². The van der Waals surface area contributed by atoms with Gasteiger partial charge in [-0.1, -0.05) is 122 Å². The van der Waals surface area contributed by atoms with Gasteiger partial charge in [-0.3, -0.25) is 4.79 Å². The van der Waals surface area contributed by atoms with Crippen LogP contribution in [0.3, 0.4) is 0 Å². The average molecular weight is 468 g/mol. The third-order valence-corrected chi connectivity index (χ3v) is 6.53. The van der Waals surface area contributed by atoms with Crippen LogP contribution in [-0.4, -0.2) is 34.9 Å². The summed E-state index contributed by atoms with van der Waals surface area (Å²) >= 11 is 0. The fourth-order valence-electron chi connectivity index (χ4n) is 4.24. The molecule has 4 heteroatoms. The molecule has 0 spiro atoms. The summed E-state index contributed by atoms with van der Waals surface area (Å²) in [4.78, 5) is 12.1. The third kappa shape index (κ3) is 22.7. The van der Waals surface area contributed by atoms with Gasteiger partial charge >= 0.3 is 0 Å². The molecular formula is C29H57NO3. The van der Waals surface area contributed by atoms with Crippen molar-refractivity contribution in [1.29, 1.82) is 0 Å². The van der Waals surface area contributed by atoms with Crippen LogP contribution >= 0.6 is 0 Å². The van der Waals surface area contributed by atoms with Crippen molar-refractivity contribution in [3.8, 4) is 0 Å². The van der Waals surface area contributed by atoms with Gasteiger partial charge in [-0.05, 0) is 32.1 Å². The summed E-state index contributed by atoms with van der Waals surface area (Å²) in [5.41, 5.74) is 0. The van der Waals surface area contributed by atoms with Crippen LogP contribution in [0.4, 0.5) is 0 Å². The number of hydrogen-bond acceptors (Lipinski definition) is 3. The molecule has 0 aliphatic carbocycles. The van der Waals surface area contributed by atoms with Gasteiger partial charge in [0.15, 0.2) is 0 Å².